The first-order valence-electron chi connectivity index (χ1n) is 27.0. The van der Waals surface area contributed by atoms with Crippen molar-refractivity contribution in [1.82, 2.24) is 21.3 Å². The van der Waals surface area contributed by atoms with Gasteiger partial charge in [-0.15, -0.1) is 0 Å². The van der Waals surface area contributed by atoms with Gasteiger partial charge in [0.2, 0.25) is 23.6 Å². The second-order valence-electron chi connectivity index (χ2n) is 20.9. The quantitative estimate of drug-likeness (QED) is 0.0193. The van der Waals surface area contributed by atoms with Crippen molar-refractivity contribution < 1.29 is 161 Å². The lowest BCUT2D eigenvalue weighted by atomic mass is 9.97. The summed E-state index contributed by atoms with van der Waals surface area (Å²) in [6.45, 7) is -0.772. The van der Waals surface area contributed by atoms with E-state index in [4.69, 9.17) is 59.1 Å². The molecule has 4 fully saturated rings. The Bertz CT molecular complexity index is 2560. The summed E-state index contributed by atoms with van der Waals surface area (Å²) < 4.78 is 76.2. The number of carbonyl (C=O) groups excluding carboxylic acids is 5. The number of hydrogen-bond acceptors (Lipinski definition) is 30. The van der Waals surface area contributed by atoms with E-state index in [1.807, 2.05) is 0 Å². The third-order valence-electron chi connectivity index (χ3n) is 14.3. The number of unbranched alkanes of at least 4 members (excludes halogenated alkanes) is 1. The highest BCUT2D eigenvalue weighted by Crippen LogP contribution is 2.39. The zero-order valence-electron chi connectivity index (χ0n) is 47.0. The topological polar surface area (TPSA) is 636 Å². The predicted octanol–water partition coefficient (Wildman–Crippen LogP) is -10.6. The van der Waals surface area contributed by atoms with Crippen LogP contribution in [0.2, 0.25) is 0 Å². The Morgan fingerprint density at radius 3 is 1.59 bits per heavy atom. The van der Waals surface area contributed by atoms with Gasteiger partial charge in [-0.3, -0.25) is 33.0 Å². The van der Waals surface area contributed by atoms with Crippen molar-refractivity contribution in [3.8, 4) is 0 Å². The number of nitrogens with one attached hydrogen (secondary N) is 4. The Hall–Kier alpha value is -4.21. The predicted molar refractivity (Wildman–Crippen MR) is 283 cm³/mol. The summed E-state index contributed by atoms with van der Waals surface area (Å²) in [5.41, 5.74) is 12.0. The number of primary amides is 1. The van der Waals surface area contributed by atoms with E-state index in [-0.39, 0.29) is 37.1 Å². The number of aliphatic hydroxyl groups is 12. The maximum absolute atomic E-state index is 14.5. The fourth-order valence-corrected chi connectivity index (χ4v) is 10.1. The first-order valence-corrected chi connectivity index (χ1v) is 30.1. The van der Waals surface area contributed by atoms with Crippen molar-refractivity contribution in [3.63, 3.8) is 0 Å². The Kier molecular flexibility index (Phi) is 27.8. The van der Waals surface area contributed by atoms with Gasteiger partial charge in [-0.05, 0) is 45.2 Å². The fraction of sp³-hybridized carbons (Fsp3) is 0.766. The molecule has 0 bridgehead atoms. The van der Waals surface area contributed by atoms with Gasteiger partial charge in [0, 0.05) is 19.2 Å². The molecular weight excluding hydrogens is 1240 g/mol. The number of rotatable bonds is 30. The van der Waals surface area contributed by atoms with E-state index in [0.29, 0.717) is 0 Å². The van der Waals surface area contributed by atoms with Crippen molar-refractivity contribution in [3.05, 3.63) is 29.8 Å². The van der Waals surface area contributed by atoms with Gasteiger partial charge in [0.25, 0.3) is 5.91 Å². The van der Waals surface area contributed by atoms with Crippen LogP contribution in [0.3, 0.4) is 0 Å². The van der Waals surface area contributed by atoms with Crippen LogP contribution in [-0.4, -0.2) is 297 Å². The molecule has 88 heavy (non-hydrogen) atoms. The summed E-state index contributed by atoms with van der Waals surface area (Å²) in [4.78, 5) is 104. The third-order valence-corrected chi connectivity index (χ3v) is 15.3. The Morgan fingerprint density at radius 1 is 0.580 bits per heavy atom. The molecule has 0 saturated carbocycles. The SMILES string of the molecule is CC(=O)N[C@H](C(=O)N[C@@H](CCCCNC(=O)c1ccccc1N)C(=O)N[C@H](C(N)=O)[C@@H](C)O[C@H]1O[C@H](CO[C@H]2O[C@H](COP(=O)(O)O)[C@@H](O)[C@H](O)[C@@H]2O)[C@@H](O)[C@H](O)[C@@H]1O)[C@@H](C)O[C@H]1O[C@H](CO)[C@@H](O)[C@H](O)[C@@H]1O[C@H]1O[C@H](COP(=O)(O)O)[C@@H](O)[C@H](O)[C@@H]1O. The second-order valence-corrected chi connectivity index (χ2v) is 23.4. The highest BCUT2D eigenvalue weighted by atomic mass is 31.2. The molecule has 0 aromatic heterocycles. The number of hydrogen-bond donors (Lipinski definition) is 22. The number of benzene rings is 1. The van der Waals surface area contributed by atoms with E-state index in [1.54, 1.807) is 12.1 Å². The average Bonchev–Trinajstić information content (AvgIpc) is 1.73. The highest BCUT2D eigenvalue weighted by Gasteiger charge is 2.53. The van der Waals surface area contributed by atoms with E-state index >= 15 is 0 Å². The van der Waals surface area contributed by atoms with Gasteiger partial charge in [-0.2, -0.15) is 0 Å². The van der Waals surface area contributed by atoms with E-state index < -0.39 is 225 Å². The zero-order valence-corrected chi connectivity index (χ0v) is 48.8. The molecule has 4 aliphatic heterocycles. The Morgan fingerprint density at radius 2 is 1.06 bits per heavy atom. The molecule has 4 heterocycles. The van der Waals surface area contributed by atoms with Crippen LogP contribution < -0.4 is 32.7 Å². The summed E-state index contributed by atoms with van der Waals surface area (Å²) in [5.74, 6) is -5.19. The lowest BCUT2D eigenvalue weighted by molar-refractivity contribution is -0.371. The van der Waals surface area contributed by atoms with Gasteiger partial charge in [0.05, 0.1) is 44.2 Å². The van der Waals surface area contributed by atoms with Crippen molar-refractivity contribution in [1.29, 1.82) is 0 Å². The molecule has 0 unspecified atom stereocenters. The molecule has 0 spiro atoms. The number of carbonyl (C=O) groups is 5. The van der Waals surface area contributed by atoms with Crippen molar-refractivity contribution in [2.45, 2.75) is 193 Å². The third kappa shape index (κ3) is 20.4. The second kappa shape index (κ2) is 32.9. The number of amides is 5. The number of ether oxygens (including phenoxy) is 8. The number of nitrogen functional groups attached to an aromatic ring is 1. The smallest absolute Gasteiger partial charge is 0.398 e. The molecule has 1 aromatic rings. The van der Waals surface area contributed by atoms with Crippen LogP contribution in [0, 0.1) is 0 Å². The van der Waals surface area contributed by atoms with E-state index in [1.165, 1.54) is 12.1 Å². The van der Waals surface area contributed by atoms with Crippen LogP contribution in [0.15, 0.2) is 24.3 Å². The van der Waals surface area contributed by atoms with Gasteiger partial charge >= 0.3 is 15.6 Å². The fourth-order valence-electron chi connectivity index (χ4n) is 9.40. The largest absolute Gasteiger partial charge is 0.469 e. The summed E-state index contributed by atoms with van der Waals surface area (Å²) in [6.07, 6.45) is -43.5. The standard InChI is InChI=1S/C47H78N6O33P2/c1-16(80-45-37(65)33(61)29(57)23(84-45)13-77-44-36(64)32(60)30(58)24(83-44)14-78-87(71,72)73)26(40(49)67)53-42(69)21(10-6-7-11-50-41(68)19-8-4-5-9-20(19)48)52-43(70)27(51-18(3)55)17(2)81-47-39(35(63)28(56)22(12-54)82-47)86-46-38(66)34(62)31(59)25(85-46)15-79-88(74,75)76/h4-5,8-9,16-17,21-39,44-47,54,56-66H,6-7,10-15,48H2,1-3H3,(H2,49,67)(H,50,68)(H,51,55)(H,52,70)(H,53,69)(H2,71,72,73)(H2,74,75,76)/t16-,17-,21+,22-,23-,24-,25-,26+,27+,28-,29-,30-,31-,32+,33+,34+,35+,36+,37+,38+,39+,44+,45+,46-,47+/m1/s1. The molecule has 39 nitrogen and oxygen atoms in total. The molecule has 0 aliphatic carbocycles. The molecule has 0 radical (unpaired) electrons. The van der Waals surface area contributed by atoms with Gasteiger partial charge in [0.1, 0.15) is 116 Å². The number of phosphoric acid groups is 2. The van der Waals surface area contributed by atoms with E-state index in [0.717, 1.165) is 20.8 Å². The number of anilines is 1. The van der Waals surface area contributed by atoms with Gasteiger partial charge < -0.3 is 151 Å². The first kappa shape index (κ1) is 74.5. The summed E-state index contributed by atoms with van der Waals surface area (Å²) in [6, 6.07) is 0.588. The van der Waals surface area contributed by atoms with Crippen molar-refractivity contribution >= 4 is 50.9 Å². The Balaban J connectivity index is 1.35. The van der Waals surface area contributed by atoms with Crippen LogP contribution >= 0.6 is 15.6 Å². The first-order chi connectivity index (χ1) is 41.0. The van der Waals surface area contributed by atoms with Crippen molar-refractivity contribution in [2.75, 3.05) is 38.7 Å². The molecular formula is C47H78N6O33P2. The molecule has 5 rings (SSSR count). The van der Waals surface area contributed by atoms with Crippen molar-refractivity contribution in [2.24, 2.45) is 5.73 Å². The van der Waals surface area contributed by atoms with Crippen LogP contribution in [0.5, 0.6) is 0 Å². The molecule has 24 N–H and O–H groups in total. The summed E-state index contributed by atoms with van der Waals surface area (Å²) in [7, 11) is -10.3. The normalized spacial score (nSPS) is 34.7. The molecule has 504 valence electrons. The summed E-state index contributed by atoms with van der Waals surface area (Å²) >= 11 is 0. The van der Waals surface area contributed by atoms with Gasteiger partial charge in [-0.25, -0.2) is 9.13 Å². The minimum absolute atomic E-state index is 0.00600. The molecule has 41 heteroatoms. The lowest BCUT2D eigenvalue weighted by Gasteiger charge is -2.46. The van der Waals surface area contributed by atoms with Crippen LogP contribution in [0.1, 0.15) is 50.4 Å². The van der Waals surface area contributed by atoms with E-state index in [9.17, 15) is 104 Å². The van der Waals surface area contributed by atoms with Gasteiger partial charge in [-0.1, -0.05) is 12.1 Å². The molecule has 4 saturated heterocycles. The monoisotopic (exact) mass is 1320 g/mol. The molecule has 5 amide bonds. The maximum atomic E-state index is 14.5. The minimum atomic E-state index is -5.21. The van der Waals surface area contributed by atoms with Gasteiger partial charge in [0.15, 0.2) is 25.2 Å². The number of phosphoric ester groups is 2. The number of para-hydroxylation sites is 1. The maximum Gasteiger partial charge on any atom is 0.469 e. The minimum Gasteiger partial charge on any atom is -0.398 e. The zero-order chi connectivity index (χ0) is 65.9. The molecule has 25 atom stereocenters. The lowest BCUT2D eigenvalue weighted by Crippen LogP contribution is -2.65. The van der Waals surface area contributed by atoms with Crippen LogP contribution in [0.25, 0.3) is 0 Å². The summed E-state index contributed by atoms with van der Waals surface area (Å²) in [5, 5.41) is 138. The molecule has 1 aromatic carbocycles. The highest BCUT2D eigenvalue weighted by molar-refractivity contribution is 7.46. The number of nitrogens with two attached hydrogens (primary N) is 2. The van der Waals surface area contributed by atoms with E-state index in [2.05, 4.69) is 30.3 Å². The molecule has 4 aliphatic rings. The van der Waals surface area contributed by atoms with Crippen LogP contribution in [0.4, 0.5) is 5.69 Å². The Labute approximate surface area is 499 Å². The average molecular weight is 1320 g/mol. The van der Waals surface area contributed by atoms with Crippen LogP contribution in [-0.2, 0) is 75.3 Å². The number of aliphatic hydroxyl groups excluding tert-OH is 12.